The predicted molar refractivity (Wildman–Crippen MR) is 78.5 cm³/mol. The monoisotopic (exact) mass is 261 g/mol. The molecule has 0 bridgehead atoms. The number of nitrogens with zero attached hydrogens (tertiary/aromatic N) is 2. The van der Waals surface area contributed by atoms with Crippen LogP contribution in [-0.2, 0) is 5.41 Å². The van der Waals surface area contributed by atoms with E-state index in [-0.39, 0.29) is 5.41 Å². The lowest BCUT2D eigenvalue weighted by Crippen LogP contribution is -2.12. The Labute approximate surface area is 112 Å². The molecular weight excluding hydrogens is 242 g/mol. The lowest BCUT2D eigenvalue weighted by atomic mass is 9.92. The van der Waals surface area contributed by atoms with Gasteiger partial charge in [-0.1, -0.05) is 32.9 Å². The molecule has 0 aliphatic heterocycles. The van der Waals surface area contributed by atoms with Crippen molar-refractivity contribution < 1.29 is 0 Å². The molecule has 0 unspecified atom stereocenters. The van der Waals surface area contributed by atoms with Crippen molar-refractivity contribution in [2.75, 3.05) is 12.0 Å². The highest BCUT2D eigenvalue weighted by Gasteiger charge is 2.20. The highest BCUT2D eigenvalue weighted by Crippen LogP contribution is 2.28. The average Bonchev–Trinajstić information content (AvgIpc) is 2.71. The van der Waals surface area contributed by atoms with Crippen molar-refractivity contribution in [3.8, 4) is 5.69 Å². The van der Waals surface area contributed by atoms with Gasteiger partial charge in [-0.3, -0.25) is 0 Å². The molecule has 2 N–H and O–H groups in total. The van der Waals surface area contributed by atoms with Crippen LogP contribution in [0.15, 0.2) is 35.2 Å². The van der Waals surface area contributed by atoms with Gasteiger partial charge in [-0.15, -0.1) is 11.8 Å². The van der Waals surface area contributed by atoms with Crippen LogP contribution in [0.4, 0.5) is 5.82 Å². The number of hydrogen-bond acceptors (Lipinski definition) is 3. The van der Waals surface area contributed by atoms with E-state index in [1.807, 2.05) is 28.9 Å². The van der Waals surface area contributed by atoms with Crippen LogP contribution in [-0.4, -0.2) is 16.0 Å². The van der Waals surface area contributed by atoms with Gasteiger partial charge < -0.3 is 5.73 Å². The fourth-order valence-corrected chi connectivity index (χ4v) is 2.34. The third-order valence-electron chi connectivity index (χ3n) is 2.82. The molecular formula is C14H19N3S. The van der Waals surface area contributed by atoms with Crippen LogP contribution in [0.3, 0.4) is 0 Å². The molecule has 2 rings (SSSR count). The Balaban J connectivity index is 2.55. The van der Waals surface area contributed by atoms with Gasteiger partial charge in [0.25, 0.3) is 0 Å². The highest BCUT2D eigenvalue weighted by molar-refractivity contribution is 7.98. The van der Waals surface area contributed by atoms with Crippen LogP contribution >= 0.6 is 11.8 Å². The number of hydrogen-bond donors (Lipinski definition) is 1. The van der Waals surface area contributed by atoms with E-state index in [0.717, 1.165) is 11.4 Å². The number of anilines is 1. The third kappa shape index (κ3) is 2.38. The first-order valence-electron chi connectivity index (χ1n) is 5.93. The van der Waals surface area contributed by atoms with E-state index in [1.54, 1.807) is 11.8 Å². The van der Waals surface area contributed by atoms with Crippen LogP contribution in [0.25, 0.3) is 5.69 Å². The first-order chi connectivity index (χ1) is 8.43. The number of benzene rings is 1. The summed E-state index contributed by atoms with van der Waals surface area (Å²) in [6.07, 6.45) is 2.06. The average molecular weight is 261 g/mol. The zero-order valence-electron chi connectivity index (χ0n) is 11.3. The van der Waals surface area contributed by atoms with Crippen molar-refractivity contribution in [2.24, 2.45) is 0 Å². The summed E-state index contributed by atoms with van der Waals surface area (Å²) in [6, 6.07) is 10.1. The van der Waals surface area contributed by atoms with Crippen LogP contribution in [0.2, 0.25) is 0 Å². The minimum atomic E-state index is 0.00761. The summed E-state index contributed by atoms with van der Waals surface area (Å²) in [5.41, 5.74) is 8.14. The first-order valence-corrected chi connectivity index (χ1v) is 7.15. The summed E-state index contributed by atoms with van der Waals surface area (Å²) in [6.45, 7) is 6.42. The second kappa shape index (κ2) is 4.69. The summed E-state index contributed by atoms with van der Waals surface area (Å²) in [5.74, 6) is 0.682. The Morgan fingerprint density at radius 3 is 2.44 bits per heavy atom. The third-order valence-corrected chi connectivity index (χ3v) is 3.60. The topological polar surface area (TPSA) is 43.8 Å². The van der Waals surface area contributed by atoms with Gasteiger partial charge in [0, 0.05) is 16.4 Å². The number of para-hydroxylation sites is 1. The van der Waals surface area contributed by atoms with Gasteiger partial charge in [-0.25, -0.2) is 4.68 Å². The highest BCUT2D eigenvalue weighted by atomic mass is 32.2. The number of rotatable bonds is 2. The standard InChI is InChI=1S/C14H19N3S/c1-14(2,3)12-9-13(15)17(16-12)10-7-5-6-8-11(10)18-4/h5-9H,15H2,1-4H3. The van der Waals surface area contributed by atoms with Crippen LogP contribution in [0.5, 0.6) is 0 Å². The summed E-state index contributed by atoms with van der Waals surface area (Å²) in [4.78, 5) is 1.17. The van der Waals surface area contributed by atoms with E-state index in [9.17, 15) is 0 Å². The lowest BCUT2D eigenvalue weighted by molar-refractivity contribution is 0.560. The molecule has 1 heterocycles. The van der Waals surface area contributed by atoms with Crippen molar-refractivity contribution in [1.29, 1.82) is 0 Å². The van der Waals surface area contributed by atoms with Crippen molar-refractivity contribution in [3.05, 3.63) is 36.0 Å². The van der Waals surface area contributed by atoms with E-state index in [4.69, 9.17) is 5.73 Å². The Morgan fingerprint density at radius 2 is 1.89 bits per heavy atom. The maximum atomic E-state index is 6.08. The zero-order valence-corrected chi connectivity index (χ0v) is 12.1. The van der Waals surface area contributed by atoms with Crippen molar-refractivity contribution >= 4 is 17.6 Å². The van der Waals surface area contributed by atoms with Crippen LogP contribution in [0, 0.1) is 0 Å². The Bertz CT molecular complexity index is 552. The second-order valence-electron chi connectivity index (χ2n) is 5.29. The molecule has 0 saturated heterocycles. The van der Waals surface area contributed by atoms with E-state index < -0.39 is 0 Å². The molecule has 0 amide bonds. The van der Waals surface area contributed by atoms with Crippen LogP contribution in [0.1, 0.15) is 26.5 Å². The summed E-state index contributed by atoms with van der Waals surface area (Å²) < 4.78 is 1.83. The molecule has 2 aromatic rings. The Morgan fingerprint density at radius 1 is 1.22 bits per heavy atom. The summed E-state index contributed by atoms with van der Waals surface area (Å²) in [5, 5.41) is 4.64. The molecule has 96 valence electrons. The minimum Gasteiger partial charge on any atom is -0.384 e. The fraction of sp³-hybridized carbons (Fsp3) is 0.357. The van der Waals surface area contributed by atoms with Crippen LogP contribution < -0.4 is 5.73 Å². The van der Waals surface area contributed by atoms with Gasteiger partial charge >= 0.3 is 0 Å². The normalized spacial score (nSPS) is 11.8. The molecule has 4 heteroatoms. The zero-order chi connectivity index (χ0) is 13.3. The SMILES string of the molecule is CSc1ccccc1-n1nc(C(C)(C)C)cc1N. The molecule has 3 nitrogen and oxygen atoms in total. The van der Waals surface area contributed by atoms with Crippen molar-refractivity contribution in [2.45, 2.75) is 31.1 Å². The largest absolute Gasteiger partial charge is 0.384 e. The number of aromatic nitrogens is 2. The smallest absolute Gasteiger partial charge is 0.127 e. The van der Waals surface area contributed by atoms with Gasteiger partial charge in [0.1, 0.15) is 5.82 Å². The maximum Gasteiger partial charge on any atom is 0.127 e. The predicted octanol–water partition coefficient (Wildman–Crippen LogP) is 3.47. The Hall–Kier alpha value is -1.42. The quantitative estimate of drug-likeness (QED) is 0.842. The Kier molecular flexibility index (Phi) is 3.39. The van der Waals surface area contributed by atoms with Gasteiger partial charge in [-0.05, 0) is 18.4 Å². The van der Waals surface area contributed by atoms with E-state index in [2.05, 4.69) is 38.2 Å². The number of nitrogen functional groups attached to an aromatic ring is 1. The van der Waals surface area contributed by atoms with Crippen molar-refractivity contribution in [1.82, 2.24) is 9.78 Å². The molecule has 0 aliphatic carbocycles. The molecule has 1 aromatic heterocycles. The minimum absolute atomic E-state index is 0.00761. The molecule has 0 saturated carbocycles. The van der Waals surface area contributed by atoms with Crippen molar-refractivity contribution in [3.63, 3.8) is 0 Å². The van der Waals surface area contributed by atoms with Gasteiger partial charge in [-0.2, -0.15) is 5.10 Å². The molecule has 1 aromatic carbocycles. The molecule has 0 fully saturated rings. The van der Waals surface area contributed by atoms with E-state index in [1.165, 1.54) is 4.90 Å². The summed E-state index contributed by atoms with van der Waals surface area (Å²) >= 11 is 1.70. The summed E-state index contributed by atoms with van der Waals surface area (Å²) in [7, 11) is 0. The molecule has 0 atom stereocenters. The molecule has 0 spiro atoms. The molecule has 0 aliphatic rings. The number of thioether (sulfide) groups is 1. The van der Waals surface area contributed by atoms with Gasteiger partial charge in [0.05, 0.1) is 11.4 Å². The fourth-order valence-electron chi connectivity index (χ4n) is 1.76. The van der Waals surface area contributed by atoms with E-state index in [0.29, 0.717) is 5.82 Å². The van der Waals surface area contributed by atoms with Gasteiger partial charge in [0.15, 0.2) is 0 Å². The maximum absolute atomic E-state index is 6.08. The van der Waals surface area contributed by atoms with Gasteiger partial charge in [0.2, 0.25) is 0 Å². The first kappa shape index (κ1) is 13.0. The second-order valence-corrected chi connectivity index (χ2v) is 6.14. The number of nitrogens with two attached hydrogens (primary N) is 1. The lowest BCUT2D eigenvalue weighted by Gasteiger charge is -2.14. The molecule has 0 radical (unpaired) electrons. The molecule has 18 heavy (non-hydrogen) atoms. The van der Waals surface area contributed by atoms with E-state index >= 15 is 0 Å².